The Labute approximate surface area is 204 Å². The molecule has 1 saturated heterocycles. The van der Waals surface area contributed by atoms with Gasteiger partial charge in [0, 0.05) is 15.2 Å². The van der Waals surface area contributed by atoms with Gasteiger partial charge in [0.1, 0.15) is 6.04 Å². The number of ketones is 1. The molecule has 32 heavy (non-hydrogen) atoms. The van der Waals surface area contributed by atoms with E-state index in [4.69, 9.17) is 4.74 Å². The first kappa shape index (κ1) is 23.6. The van der Waals surface area contributed by atoms with E-state index < -0.39 is 30.5 Å². The summed E-state index contributed by atoms with van der Waals surface area (Å²) < 4.78 is 5.34. The van der Waals surface area contributed by atoms with Crippen LogP contribution in [0.5, 0.6) is 0 Å². The number of alkyl halides is 2. The molecule has 2 bridgehead atoms. The van der Waals surface area contributed by atoms with E-state index in [0.717, 1.165) is 22.4 Å². The van der Waals surface area contributed by atoms with Gasteiger partial charge in [0.15, 0.2) is 12.4 Å². The Morgan fingerprint density at radius 1 is 1.03 bits per heavy atom. The molecule has 8 heteroatoms. The minimum absolute atomic E-state index is 0.0750. The van der Waals surface area contributed by atoms with Gasteiger partial charge in [-0.25, -0.2) is 4.79 Å². The van der Waals surface area contributed by atoms with Gasteiger partial charge in [-0.2, -0.15) is 0 Å². The number of hydrogen-bond acceptors (Lipinski definition) is 5. The average Bonchev–Trinajstić information content (AvgIpc) is 3.34. The van der Waals surface area contributed by atoms with Crippen LogP contribution in [0, 0.1) is 43.4 Å². The SMILES string of the molecule is Cc1ccc(C(=O)COC(=O)[C@H](C(C)C)N2C(=O)[C@H]3[C@@H]4C[C@H]([C@@H](Br)[C@H]4Br)[C@@H]3C2=O)cc1C. The Morgan fingerprint density at radius 3 is 2.09 bits per heavy atom. The smallest absolute Gasteiger partial charge is 0.330 e. The predicted octanol–water partition coefficient (Wildman–Crippen LogP) is 3.83. The van der Waals surface area contributed by atoms with Crippen molar-refractivity contribution in [2.45, 2.75) is 49.8 Å². The van der Waals surface area contributed by atoms with Crippen molar-refractivity contribution in [2.24, 2.45) is 29.6 Å². The summed E-state index contributed by atoms with van der Waals surface area (Å²) in [5.41, 5.74) is 2.51. The largest absolute Gasteiger partial charge is 0.456 e. The number of carbonyl (C=O) groups excluding carboxylic acids is 4. The highest BCUT2D eigenvalue weighted by molar-refractivity contribution is 9.12. The van der Waals surface area contributed by atoms with Crippen LogP contribution in [0.2, 0.25) is 0 Å². The molecule has 0 radical (unpaired) electrons. The second-order valence-electron chi connectivity index (χ2n) is 9.57. The molecule has 6 nitrogen and oxygen atoms in total. The van der Waals surface area contributed by atoms with Gasteiger partial charge in [0.25, 0.3) is 0 Å². The Morgan fingerprint density at radius 2 is 1.59 bits per heavy atom. The molecule has 2 aliphatic carbocycles. The Balaban J connectivity index is 1.49. The number of carbonyl (C=O) groups is 4. The van der Waals surface area contributed by atoms with E-state index in [1.807, 2.05) is 19.9 Å². The third kappa shape index (κ3) is 3.67. The Kier molecular flexibility index (Phi) is 6.40. The summed E-state index contributed by atoms with van der Waals surface area (Å²) in [5.74, 6) is -2.56. The normalized spacial score (nSPS) is 31.9. The number of aryl methyl sites for hydroxylation is 2. The van der Waals surface area contributed by atoms with Crippen molar-refractivity contribution >= 4 is 55.4 Å². The molecule has 1 aromatic carbocycles. The summed E-state index contributed by atoms with van der Waals surface area (Å²) in [7, 11) is 0. The zero-order chi connectivity index (χ0) is 23.5. The highest BCUT2D eigenvalue weighted by Crippen LogP contribution is 2.60. The van der Waals surface area contributed by atoms with Crippen molar-refractivity contribution < 1.29 is 23.9 Å². The summed E-state index contributed by atoms with van der Waals surface area (Å²) >= 11 is 7.35. The van der Waals surface area contributed by atoms with Crippen molar-refractivity contribution in [3.8, 4) is 0 Å². The number of ether oxygens (including phenoxy) is 1. The van der Waals surface area contributed by atoms with Crippen LogP contribution in [0.15, 0.2) is 18.2 Å². The lowest BCUT2D eigenvalue weighted by atomic mass is 9.81. The number of benzene rings is 1. The predicted molar refractivity (Wildman–Crippen MR) is 126 cm³/mol. The maximum atomic E-state index is 13.3. The molecule has 0 aromatic heterocycles. The fourth-order valence-corrected chi connectivity index (χ4v) is 7.42. The van der Waals surface area contributed by atoms with E-state index in [2.05, 4.69) is 31.9 Å². The van der Waals surface area contributed by atoms with Crippen molar-refractivity contribution in [3.63, 3.8) is 0 Å². The molecular weight excluding hydrogens is 542 g/mol. The van der Waals surface area contributed by atoms with Crippen molar-refractivity contribution in [1.82, 2.24) is 4.90 Å². The van der Waals surface area contributed by atoms with Crippen molar-refractivity contribution in [3.05, 3.63) is 34.9 Å². The molecule has 3 fully saturated rings. The van der Waals surface area contributed by atoms with Gasteiger partial charge in [-0.05, 0) is 55.2 Å². The molecule has 1 heterocycles. The highest BCUT2D eigenvalue weighted by Gasteiger charge is 2.67. The van der Waals surface area contributed by atoms with E-state index in [1.54, 1.807) is 26.0 Å². The van der Waals surface area contributed by atoms with Gasteiger partial charge in [-0.15, -0.1) is 0 Å². The number of hydrogen-bond donors (Lipinski definition) is 0. The highest BCUT2D eigenvalue weighted by atomic mass is 79.9. The number of fused-ring (bicyclic) bond motifs is 5. The number of likely N-dealkylation sites (tertiary alicyclic amines) is 1. The molecular formula is C24H27Br2NO5. The number of nitrogens with zero attached hydrogens (tertiary/aromatic N) is 1. The van der Waals surface area contributed by atoms with Crippen molar-refractivity contribution in [2.75, 3.05) is 6.61 Å². The van der Waals surface area contributed by atoms with Crippen LogP contribution in [0.1, 0.15) is 41.8 Å². The maximum Gasteiger partial charge on any atom is 0.330 e. The second-order valence-corrected chi connectivity index (χ2v) is 11.7. The lowest BCUT2D eigenvalue weighted by Crippen LogP contribution is -2.50. The van der Waals surface area contributed by atoms with Gasteiger partial charge in [0.2, 0.25) is 11.8 Å². The van der Waals surface area contributed by atoms with Crippen LogP contribution in [0.3, 0.4) is 0 Å². The van der Waals surface area contributed by atoms with Crippen LogP contribution < -0.4 is 0 Å². The first-order valence-corrected chi connectivity index (χ1v) is 12.8. The molecule has 1 aromatic rings. The van der Waals surface area contributed by atoms with Crippen LogP contribution in [0.25, 0.3) is 0 Å². The summed E-state index contributed by atoms with van der Waals surface area (Å²) in [6.45, 7) is 7.00. The molecule has 0 unspecified atom stereocenters. The van der Waals surface area contributed by atoms with Crippen LogP contribution in [0.4, 0.5) is 0 Å². The molecule has 2 amide bonds. The molecule has 2 saturated carbocycles. The molecule has 0 spiro atoms. The van der Waals surface area contributed by atoms with Crippen LogP contribution in [-0.4, -0.2) is 50.8 Å². The Bertz CT molecular complexity index is 961. The number of Topliss-reactive ketones (excluding diaryl/α,β-unsaturated/α-hetero) is 1. The number of amides is 2. The number of imide groups is 1. The van der Waals surface area contributed by atoms with Crippen LogP contribution in [-0.2, 0) is 19.1 Å². The van der Waals surface area contributed by atoms with E-state index in [9.17, 15) is 19.2 Å². The van der Waals surface area contributed by atoms with E-state index in [0.29, 0.717) is 5.56 Å². The molecule has 7 atom stereocenters. The van der Waals surface area contributed by atoms with Gasteiger partial charge >= 0.3 is 5.97 Å². The second kappa shape index (κ2) is 8.67. The van der Waals surface area contributed by atoms with Crippen LogP contribution >= 0.6 is 31.9 Å². The van der Waals surface area contributed by atoms with Gasteiger partial charge in [0.05, 0.1) is 11.8 Å². The minimum atomic E-state index is -1.03. The van der Waals surface area contributed by atoms with Gasteiger partial charge in [-0.3, -0.25) is 19.3 Å². The number of halogens is 2. The first-order chi connectivity index (χ1) is 15.0. The monoisotopic (exact) mass is 567 g/mol. The maximum absolute atomic E-state index is 13.3. The zero-order valence-electron chi connectivity index (χ0n) is 18.5. The number of rotatable bonds is 6. The summed E-state index contributed by atoms with van der Waals surface area (Å²) in [4.78, 5) is 53.6. The third-order valence-electron chi connectivity index (χ3n) is 7.35. The topological polar surface area (TPSA) is 80.8 Å². The molecule has 4 rings (SSSR count). The Hall–Kier alpha value is -1.54. The number of esters is 1. The first-order valence-electron chi connectivity index (χ1n) is 11.0. The van der Waals surface area contributed by atoms with E-state index in [1.165, 1.54) is 0 Å². The van der Waals surface area contributed by atoms with Gasteiger partial charge in [-0.1, -0.05) is 57.8 Å². The standard InChI is InChI=1S/C24H27Br2NO5/c1-10(2)21(24(31)32-9-16(28)13-6-5-11(3)12(4)7-13)27-22(29)17-14-8-15(18(17)23(27)30)20(26)19(14)25/h5-7,10,14-15,17-21H,8-9H2,1-4H3/t14-,15-,17-,18-,19-,20+,21-/m0/s1. The fraction of sp³-hybridized carbons (Fsp3) is 0.583. The summed E-state index contributed by atoms with van der Waals surface area (Å²) in [6, 6.07) is 4.29. The zero-order valence-corrected chi connectivity index (χ0v) is 21.7. The molecule has 3 aliphatic rings. The molecule has 1 aliphatic heterocycles. The summed E-state index contributed by atoms with van der Waals surface area (Å²) in [6.07, 6.45) is 0.827. The molecule has 0 N–H and O–H groups in total. The lowest BCUT2D eigenvalue weighted by Gasteiger charge is -2.28. The van der Waals surface area contributed by atoms with E-state index in [-0.39, 0.29) is 45.0 Å². The fourth-order valence-electron chi connectivity index (χ4n) is 5.54. The average molecular weight is 569 g/mol. The lowest BCUT2D eigenvalue weighted by molar-refractivity contribution is -0.160. The van der Waals surface area contributed by atoms with Crippen molar-refractivity contribution in [1.29, 1.82) is 0 Å². The minimum Gasteiger partial charge on any atom is -0.456 e. The molecule has 172 valence electrons. The van der Waals surface area contributed by atoms with E-state index >= 15 is 0 Å². The quantitative estimate of drug-likeness (QED) is 0.225. The van der Waals surface area contributed by atoms with Gasteiger partial charge < -0.3 is 4.74 Å². The third-order valence-corrected chi connectivity index (χ3v) is 10.6. The summed E-state index contributed by atoms with van der Waals surface area (Å²) in [5, 5.41) is 0.